The van der Waals surface area contributed by atoms with E-state index in [1.54, 1.807) is 27.8 Å². The van der Waals surface area contributed by atoms with Crippen LogP contribution in [0.1, 0.15) is 33.6 Å². The number of methoxy groups -OCH3 is 2. The first-order chi connectivity index (χ1) is 14.0. The molecule has 11 heteroatoms. The Kier molecular flexibility index (Phi) is 7.67. The lowest BCUT2D eigenvalue weighted by Crippen LogP contribution is -2.57. The molecule has 0 bridgehead atoms. The smallest absolute Gasteiger partial charge is 0.408 e. The van der Waals surface area contributed by atoms with Crippen molar-refractivity contribution in [1.82, 2.24) is 10.6 Å². The van der Waals surface area contributed by atoms with E-state index < -0.39 is 59.6 Å². The molecule has 0 radical (unpaired) electrons. The summed E-state index contributed by atoms with van der Waals surface area (Å²) in [6, 6.07) is -1.72. The van der Waals surface area contributed by atoms with Gasteiger partial charge >= 0.3 is 18.0 Å². The maximum Gasteiger partial charge on any atom is 0.408 e. The zero-order valence-electron chi connectivity index (χ0n) is 18.2. The normalized spacial score (nSPS) is 32.0. The molecule has 2 heterocycles. The molecule has 2 aliphatic heterocycles. The predicted molar refractivity (Wildman–Crippen MR) is 103 cm³/mol. The summed E-state index contributed by atoms with van der Waals surface area (Å²) >= 11 is 0. The van der Waals surface area contributed by atoms with Crippen LogP contribution in [0.15, 0.2) is 0 Å². The highest BCUT2D eigenvalue weighted by Gasteiger charge is 2.58. The van der Waals surface area contributed by atoms with Crippen LogP contribution in [0.2, 0.25) is 0 Å². The number of rotatable bonds is 6. The quantitative estimate of drug-likeness (QED) is 0.371. The van der Waals surface area contributed by atoms with E-state index in [1.165, 1.54) is 14.2 Å². The highest BCUT2D eigenvalue weighted by molar-refractivity contribution is 5.85. The molecule has 11 nitrogen and oxygen atoms in total. The van der Waals surface area contributed by atoms with Crippen LogP contribution in [0.3, 0.4) is 0 Å². The van der Waals surface area contributed by atoms with Crippen molar-refractivity contribution in [3.05, 3.63) is 0 Å². The third-order valence-corrected chi connectivity index (χ3v) is 5.11. The minimum Gasteiger partial charge on any atom is -0.467 e. The molecule has 1 amide bonds. The van der Waals surface area contributed by atoms with Gasteiger partial charge in [-0.05, 0) is 27.8 Å². The molecule has 2 rings (SSSR count). The summed E-state index contributed by atoms with van der Waals surface area (Å²) in [4.78, 5) is 37.3. The van der Waals surface area contributed by atoms with Crippen LogP contribution >= 0.6 is 0 Å². The van der Waals surface area contributed by atoms with Crippen LogP contribution in [0.4, 0.5) is 4.79 Å². The lowest BCUT2D eigenvalue weighted by Gasteiger charge is -2.36. The molecular weight excluding hydrogens is 400 g/mol. The van der Waals surface area contributed by atoms with Gasteiger partial charge in [0.05, 0.1) is 39.1 Å². The first-order valence-electron chi connectivity index (χ1n) is 9.77. The Morgan fingerprint density at radius 3 is 2.43 bits per heavy atom. The van der Waals surface area contributed by atoms with E-state index >= 15 is 0 Å². The van der Waals surface area contributed by atoms with E-state index in [-0.39, 0.29) is 19.4 Å². The van der Waals surface area contributed by atoms with E-state index in [4.69, 9.17) is 23.7 Å². The summed E-state index contributed by atoms with van der Waals surface area (Å²) < 4.78 is 26.7. The van der Waals surface area contributed by atoms with Crippen molar-refractivity contribution in [3.63, 3.8) is 0 Å². The Morgan fingerprint density at radius 2 is 1.90 bits per heavy atom. The van der Waals surface area contributed by atoms with Crippen molar-refractivity contribution in [1.29, 1.82) is 0 Å². The fourth-order valence-electron chi connectivity index (χ4n) is 3.83. The Bertz CT molecular complexity index is 650. The topological polar surface area (TPSA) is 142 Å². The van der Waals surface area contributed by atoms with Crippen LogP contribution in [-0.4, -0.2) is 92.6 Å². The number of hydrogen-bond donors (Lipinski definition) is 3. The third kappa shape index (κ3) is 5.39. The zero-order valence-corrected chi connectivity index (χ0v) is 18.2. The standard InChI is InChI=1S/C19H32N2O9/c1-18(2,3)30-17(25)21-10(15(23)26-5)7-19(16(24)27-6)8-12-14(29-19)13(20-4)11(22)9-28-12/h10-14,20,22H,7-9H2,1-6H3,(H,21,25)/t10-,11+,12+,13+,14-,19+/m0/s1. The summed E-state index contributed by atoms with van der Waals surface area (Å²) in [5.41, 5.74) is -2.37. The second-order valence-electron chi connectivity index (χ2n) is 8.45. The van der Waals surface area contributed by atoms with Gasteiger partial charge in [0.1, 0.15) is 17.7 Å². The van der Waals surface area contributed by atoms with Crippen LogP contribution in [0.25, 0.3) is 0 Å². The first-order valence-corrected chi connectivity index (χ1v) is 9.77. The Hall–Kier alpha value is -1.95. The summed E-state index contributed by atoms with van der Waals surface area (Å²) in [5, 5.41) is 15.6. The summed E-state index contributed by atoms with van der Waals surface area (Å²) in [6.07, 6.45) is -3.01. The van der Waals surface area contributed by atoms with Gasteiger partial charge in [-0.15, -0.1) is 0 Å². The number of ether oxygens (including phenoxy) is 5. The number of carbonyl (C=O) groups is 3. The van der Waals surface area contributed by atoms with Crippen molar-refractivity contribution in [2.45, 2.75) is 75.2 Å². The van der Waals surface area contributed by atoms with Crippen LogP contribution in [0.5, 0.6) is 0 Å². The number of aliphatic hydroxyl groups is 1. The van der Waals surface area contributed by atoms with Gasteiger partial charge in [-0.2, -0.15) is 0 Å². The number of nitrogens with one attached hydrogen (secondary N) is 2. The SMILES string of the molecule is CN[C@H]1[C@H]2O[C@@](C[C@H](NC(=O)OC(C)(C)C)C(=O)OC)(C(=O)OC)C[C@H]2OC[C@H]1O. The van der Waals surface area contributed by atoms with Crippen molar-refractivity contribution in [3.8, 4) is 0 Å². The molecule has 0 saturated carbocycles. The van der Waals surface area contributed by atoms with Gasteiger partial charge in [0.25, 0.3) is 0 Å². The van der Waals surface area contributed by atoms with Crippen LogP contribution in [0, 0.1) is 0 Å². The number of hydrogen-bond acceptors (Lipinski definition) is 10. The first kappa shape index (κ1) is 24.3. The number of aliphatic hydroxyl groups excluding tert-OH is 1. The molecule has 0 spiro atoms. The molecule has 172 valence electrons. The second kappa shape index (κ2) is 9.46. The number of esters is 2. The Balaban J connectivity index is 2.28. The Labute approximate surface area is 175 Å². The fourth-order valence-corrected chi connectivity index (χ4v) is 3.83. The van der Waals surface area contributed by atoms with E-state index in [1.807, 2.05) is 0 Å². The lowest BCUT2D eigenvalue weighted by atomic mass is 9.88. The van der Waals surface area contributed by atoms with Crippen LogP contribution < -0.4 is 10.6 Å². The molecule has 6 atom stereocenters. The summed E-state index contributed by atoms with van der Waals surface area (Å²) in [5.74, 6) is -1.49. The van der Waals surface area contributed by atoms with E-state index in [0.29, 0.717) is 0 Å². The molecule has 0 aromatic rings. The minimum atomic E-state index is -1.59. The fraction of sp³-hybridized carbons (Fsp3) is 0.842. The summed E-state index contributed by atoms with van der Waals surface area (Å²) in [7, 11) is 4.04. The van der Waals surface area contributed by atoms with Crippen LogP contribution in [-0.2, 0) is 33.3 Å². The molecule has 2 aliphatic rings. The molecule has 0 aromatic heterocycles. The average Bonchev–Trinajstić information content (AvgIpc) is 3.04. The van der Waals surface area contributed by atoms with Crippen molar-refractivity contribution in [2.24, 2.45) is 0 Å². The molecule has 30 heavy (non-hydrogen) atoms. The zero-order chi connectivity index (χ0) is 22.7. The number of likely N-dealkylation sites (N-methyl/N-ethyl adjacent to an activating group) is 1. The van der Waals surface area contributed by atoms with Gasteiger partial charge in [-0.25, -0.2) is 14.4 Å². The van der Waals surface area contributed by atoms with E-state index in [2.05, 4.69) is 10.6 Å². The molecule has 2 fully saturated rings. The highest BCUT2D eigenvalue weighted by atomic mass is 16.6. The van der Waals surface area contributed by atoms with Gasteiger partial charge in [-0.1, -0.05) is 0 Å². The monoisotopic (exact) mass is 432 g/mol. The molecule has 2 saturated heterocycles. The highest BCUT2D eigenvalue weighted by Crippen LogP contribution is 2.41. The molecule has 3 N–H and O–H groups in total. The third-order valence-electron chi connectivity index (χ3n) is 5.11. The van der Waals surface area contributed by atoms with Crippen molar-refractivity contribution >= 4 is 18.0 Å². The van der Waals surface area contributed by atoms with E-state index in [0.717, 1.165) is 0 Å². The molecule has 0 aromatic carbocycles. The number of alkyl carbamates (subject to hydrolysis) is 1. The van der Waals surface area contributed by atoms with Gasteiger partial charge in [0.2, 0.25) is 0 Å². The molecular formula is C19H32N2O9. The number of amides is 1. The molecule has 0 aliphatic carbocycles. The maximum absolute atomic E-state index is 12.7. The number of fused-ring (bicyclic) bond motifs is 1. The van der Waals surface area contributed by atoms with Gasteiger partial charge < -0.3 is 39.4 Å². The Morgan fingerprint density at radius 1 is 1.23 bits per heavy atom. The van der Waals surface area contributed by atoms with Gasteiger partial charge in [-0.3, -0.25) is 0 Å². The largest absolute Gasteiger partial charge is 0.467 e. The van der Waals surface area contributed by atoms with Crippen molar-refractivity contribution in [2.75, 3.05) is 27.9 Å². The van der Waals surface area contributed by atoms with Gasteiger partial charge in [0.15, 0.2) is 5.60 Å². The predicted octanol–water partition coefficient (Wildman–Crippen LogP) is -0.509. The second-order valence-corrected chi connectivity index (χ2v) is 8.45. The summed E-state index contributed by atoms with van der Waals surface area (Å²) in [6.45, 7) is 5.12. The van der Waals surface area contributed by atoms with Gasteiger partial charge in [0, 0.05) is 12.8 Å². The average molecular weight is 432 g/mol. The number of carbonyl (C=O) groups excluding carboxylic acids is 3. The van der Waals surface area contributed by atoms with E-state index in [9.17, 15) is 19.5 Å². The lowest BCUT2D eigenvalue weighted by molar-refractivity contribution is -0.179. The maximum atomic E-state index is 12.7. The van der Waals surface area contributed by atoms with Crippen molar-refractivity contribution < 1.29 is 43.2 Å². The minimum absolute atomic E-state index is 0.0733. The molecule has 0 unspecified atom stereocenters.